The standard InChI is InChI=1S/C24H33N3O3S2/c1-18-13-15-27(16-14-18)21-7-5-20(6-8-21)19(2)25-24(28)17-26(3)32(29,30)23-11-9-22(31-4)10-12-23/h5-12,18-19H,13-17H2,1-4H3,(H,25,28)/t19-/m1/s1. The summed E-state index contributed by atoms with van der Waals surface area (Å²) in [7, 11) is -2.30. The average molecular weight is 476 g/mol. The maximum atomic E-state index is 12.8. The van der Waals surface area contributed by atoms with Gasteiger partial charge in [-0.1, -0.05) is 19.1 Å². The molecule has 2 aromatic rings. The number of nitrogens with one attached hydrogen (secondary N) is 1. The predicted octanol–water partition coefficient (Wildman–Crippen LogP) is 4.14. The summed E-state index contributed by atoms with van der Waals surface area (Å²) >= 11 is 1.55. The lowest BCUT2D eigenvalue weighted by Crippen LogP contribution is -2.39. The number of hydrogen-bond acceptors (Lipinski definition) is 5. The van der Waals surface area contributed by atoms with Gasteiger partial charge in [0.15, 0.2) is 0 Å². The summed E-state index contributed by atoms with van der Waals surface area (Å²) in [4.78, 5) is 16.1. The highest BCUT2D eigenvalue weighted by molar-refractivity contribution is 7.98. The Kier molecular flexibility index (Phi) is 8.25. The van der Waals surface area contributed by atoms with Crippen LogP contribution >= 0.6 is 11.8 Å². The van der Waals surface area contributed by atoms with E-state index < -0.39 is 10.0 Å². The van der Waals surface area contributed by atoms with Crippen LogP contribution in [-0.2, 0) is 14.8 Å². The molecular weight excluding hydrogens is 442 g/mol. The van der Waals surface area contributed by atoms with Crippen molar-refractivity contribution < 1.29 is 13.2 Å². The number of benzene rings is 2. The Morgan fingerprint density at radius 1 is 1.12 bits per heavy atom. The number of carbonyl (C=O) groups is 1. The molecule has 0 spiro atoms. The number of anilines is 1. The Morgan fingerprint density at radius 2 is 1.72 bits per heavy atom. The van der Waals surface area contributed by atoms with E-state index in [1.165, 1.54) is 25.6 Å². The van der Waals surface area contributed by atoms with Gasteiger partial charge in [0, 0.05) is 30.7 Å². The zero-order valence-corrected chi connectivity index (χ0v) is 20.9. The number of rotatable bonds is 8. The van der Waals surface area contributed by atoms with E-state index >= 15 is 0 Å². The first kappa shape index (κ1) is 24.6. The number of piperidine rings is 1. The molecule has 1 amide bonds. The molecule has 0 saturated carbocycles. The fourth-order valence-corrected chi connectivity index (χ4v) is 5.36. The molecule has 2 aromatic carbocycles. The summed E-state index contributed by atoms with van der Waals surface area (Å²) in [5.41, 5.74) is 2.20. The Morgan fingerprint density at radius 3 is 2.28 bits per heavy atom. The summed E-state index contributed by atoms with van der Waals surface area (Å²) in [5.74, 6) is 0.454. The molecule has 1 aliphatic heterocycles. The van der Waals surface area contributed by atoms with Crippen molar-refractivity contribution >= 4 is 33.4 Å². The lowest BCUT2D eigenvalue weighted by atomic mass is 9.98. The highest BCUT2D eigenvalue weighted by Crippen LogP contribution is 2.25. The van der Waals surface area contributed by atoms with Crippen LogP contribution in [0.15, 0.2) is 58.3 Å². The van der Waals surface area contributed by atoms with E-state index in [4.69, 9.17) is 0 Å². The number of amides is 1. The van der Waals surface area contributed by atoms with Crippen molar-refractivity contribution in [3.8, 4) is 0 Å². The second-order valence-electron chi connectivity index (χ2n) is 8.49. The summed E-state index contributed by atoms with van der Waals surface area (Å²) < 4.78 is 26.6. The topological polar surface area (TPSA) is 69.7 Å². The van der Waals surface area contributed by atoms with Gasteiger partial charge in [0.05, 0.1) is 17.5 Å². The van der Waals surface area contributed by atoms with E-state index in [2.05, 4.69) is 29.3 Å². The molecule has 174 valence electrons. The van der Waals surface area contributed by atoms with Gasteiger partial charge in [0.1, 0.15) is 0 Å². The maximum absolute atomic E-state index is 12.8. The molecule has 1 heterocycles. The Labute approximate surface area is 196 Å². The Balaban J connectivity index is 1.56. The Bertz CT molecular complexity index is 1000. The minimum atomic E-state index is -3.72. The normalized spacial score (nSPS) is 16.2. The van der Waals surface area contributed by atoms with Gasteiger partial charge in [-0.05, 0) is 73.9 Å². The lowest BCUT2D eigenvalue weighted by molar-refractivity contribution is -0.121. The van der Waals surface area contributed by atoms with Gasteiger partial charge in [-0.2, -0.15) is 4.31 Å². The van der Waals surface area contributed by atoms with Gasteiger partial charge in [-0.3, -0.25) is 4.79 Å². The van der Waals surface area contributed by atoms with Gasteiger partial charge in [-0.25, -0.2) is 8.42 Å². The predicted molar refractivity (Wildman–Crippen MR) is 132 cm³/mol. The van der Waals surface area contributed by atoms with Crippen LogP contribution in [0, 0.1) is 5.92 Å². The average Bonchev–Trinajstić information content (AvgIpc) is 2.79. The van der Waals surface area contributed by atoms with Gasteiger partial charge < -0.3 is 10.2 Å². The fourth-order valence-electron chi connectivity index (χ4n) is 3.83. The lowest BCUT2D eigenvalue weighted by Gasteiger charge is -2.32. The van der Waals surface area contributed by atoms with Gasteiger partial charge in [0.25, 0.3) is 0 Å². The number of likely N-dealkylation sites (N-methyl/N-ethyl adjacent to an activating group) is 1. The molecule has 1 N–H and O–H groups in total. The Hall–Kier alpha value is -2.03. The molecule has 0 unspecified atom stereocenters. The second kappa shape index (κ2) is 10.7. The third kappa shape index (κ3) is 6.05. The van der Waals surface area contributed by atoms with E-state index in [1.54, 1.807) is 36.0 Å². The minimum Gasteiger partial charge on any atom is -0.372 e. The van der Waals surface area contributed by atoms with Crippen LogP contribution in [0.25, 0.3) is 0 Å². The SMILES string of the molecule is CSc1ccc(S(=O)(=O)N(C)CC(=O)N[C@H](C)c2ccc(N3CCC(C)CC3)cc2)cc1. The molecule has 0 radical (unpaired) electrons. The van der Waals surface area contributed by atoms with E-state index in [9.17, 15) is 13.2 Å². The van der Waals surface area contributed by atoms with Crippen molar-refractivity contribution in [3.05, 3.63) is 54.1 Å². The molecule has 0 aromatic heterocycles. The fraction of sp³-hybridized carbons (Fsp3) is 0.458. The molecule has 1 fully saturated rings. The van der Waals surface area contributed by atoms with Crippen molar-refractivity contribution in [2.24, 2.45) is 5.92 Å². The van der Waals surface area contributed by atoms with E-state index in [0.717, 1.165) is 33.8 Å². The first-order chi connectivity index (χ1) is 15.2. The highest BCUT2D eigenvalue weighted by atomic mass is 32.2. The maximum Gasteiger partial charge on any atom is 0.243 e. The second-order valence-corrected chi connectivity index (χ2v) is 11.4. The summed E-state index contributed by atoms with van der Waals surface area (Å²) in [5, 5.41) is 2.91. The highest BCUT2D eigenvalue weighted by Gasteiger charge is 2.24. The van der Waals surface area contributed by atoms with Gasteiger partial charge in [0.2, 0.25) is 15.9 Å². The van der Waals surface area contributed by atoms with Crippen molar-refractivity contribution in [2.45, 2.75) is 42.5 Å². The number of hydrogen-bond donors (Lipinski definition) is 1. The van der Waals surface area contributed by atoms with Crippen LogP contribution < -0.4 is 10.2 Å². The monoisotopic (exact) mass is 475 g/mol. The number of sulfonamides is 1. The number of nitrogens with zero attached hydrogens (tertiary/aromatic N) is 2. The van der Waals surface area contributed by atoms with Crippen LogP contribution in [-0.4, -0.2) is 51.6 Å². The first-order valence-electron chi connectivity index (χ1n) is 11.0. The van der Waals surface area contributed by atoms with Gasteiger partial charge >= 0.3 is 0 Å². The number of carbonyl (C=O) groups excluding carboxylic acids is 1. The van der Waals surface area contributed by atoms with E-state index in [-0.39, 0.29) is 23.4 Å². The zero-order valence-electron chi connectivity index (χ0n) is 19.2. The number of thioether (sulfide) groups is 1. The molecule has 0 aliphatic carbocycles. The quantitative estimate of drug-likeness (QED) is 0.581. The van der Waals surface area contributed by atoms with E-state index in [1.807, 2.05) is 25.3 Å². The molecule has 3 rings (SSSR count). The molecule has 0 bridgehead atoms. The molecule has 1 atom stereocenters. The first-order valence-corrected chi connectivity index (χ1v) is 13.6. The molecular formula is C24H33N3O3S2. The third-order valence-corrected chi connectivity index (χ3v) is 8.61. The van der Waals surface area contributed by atoms with Crippen molar-refractivity contribution in [1.29, 1.82) is 0 Å². The van der Waals surface area contributed by atoms with Crippen molar-refractivity contribution in [1.82, 2.24) is 9.62 Å². The van der Waals surface area contributed by atoms with Crippen LogP contribution in [0.3, 0.4) is 0 Å². The van der Waals surface area contributed by atoms with Crippen LogP contribution in [0.5, 0.6) is 0 Å². The summed E-state index contributed by atoms with van der Waals surface area (Å²) in [6.07, 6.45) is 4.36. The largest absolute Gasteiger partial charge is 0.372 e. The molecule has 6 nitrogen and oxygen atoms in total. The zero-order chi connectivity index (χ0) is 23.3. The van der Waals surface area contributed by atoms with Crippen molar-refractivity contribution in [3.63, 3.8) is 0 Å². The molecule has 8 heteroatoms. The molecule has 32 heavy (non-hydrogen) atoms. The molecule has 1 aliphatic rings. The van der Waals surface area contributed by atoms with Crippen LogP contribution in [0.1, 0.15) is 38.3 Å². The van der Waals surface area contributed by atoms with Crippen molar-refractivity contribution in [2.75, 3.05) is 37.8 Å². The smallest absolute Gasteiger partial charge is 0.243 e. The minimum absolute atomic E-state index is 0.182. The summed E-state index contributed by atoms with van der Waals surface area (Å²) in [6, 6.07) is 14.7. The van der Waals surface area contributed by atoms with Gasteiger partial charge in [-0.15, -0.1) is 11.8 Å². The summed E-state index contributed by atoms with van der Waals surface area (Å²) in [6.45, 7) is 6.13. The van der Waals surface area contributed by atoms with E-state index in [0.29, 0.717) is 0 Å². The van der Waals surface area contributed by atoms with Crippen LogP contribution in [0.4, 0.5) is 5.69 Å². The van der Waals surface area contributed by atoms with Crippen LogP contribution in [0.2, 0.25) is 0 Å². The molecule has 1 saturated heterocycles. The third-order valence-electron chi connectivity index (χ3n) is 6.05.